The molecule has 0 fully saturated rings. The second kappa shape index (κ2) is 4.17. The molecule has 0 saturated carbocycles. The number of rotatable bonds is 0. The second-order valence-electron chi connectivity index (χ2n) is 4.88. The van der Waals surface area contributed by atoms with Gasteiger partial charge in [-0.3, -0.25) is 4.79 Å². The molecule has 1 aliphatic carbocycles. The summed E-state index contributed by atoms with van der Waals surface area (Å²) < 4.78 is 23.9. The number of aromatic hydroxyl groups is 1. The first-order chi connectivity index (χ1) is 10.5. The average Bonchev–Trinajstić information content (AvgIpc) is 2.49. The topological polar surface area (TPSA) is 80.6 Å². The fraction of sp³-hybridized carbons (Fsp3) is 0. The zero-order valence-corrected chi connectivity index (χ0v) is 10.9. The molecule has 1 N–H and O–H groups in total. The van der Waals surface area contributed by atoms with Gasteiger partial charge in [-0.15, -0.1) is 0 Å². The quantitative estimate of drug-likeness (QED) is 0.399. The lowest BCUT2D eigenvalue weighted by Crippen LogP contribution is -2.04. The van der Waals surface area contributed by atoms with E-state index in [-0.39, 0.29) is 16.4 Å². The van der Waals surface area contributed by atoms with Crippen molar-refractivity contribution >= 4 is 21.9 Å². The Hall–Kier alpha value is -3.15. The molecule has 4 rings (SSSR count). The summed E-state index contributed by atoms with van der Waals surface area (Å²) in [4.78, 5) is 22.6. The van der Waals surface area contributed by atoms with Crippen LogP contribution in [0, 0.1) is 5.82 Å². The summed E-state index contributed by atoms with van der Waals surface area (Å²) in [6.45, 7) is 0. The normalized spacial score (nSPS) is 11.5. The molecule has 108 valence electrons. The highest BCUT2D eigenvalue weighted by atomic mass is 19.1. The Balaban J connectivity index is 2.19. The van der Waals surface area contributed by atoms with Crippen LogP contribution >= 0.6 is 0 Å². The lowest BCUT2D eigenvalue weighted by atomic mass is 10.1. The van der Waals surface area contributed by atoms with E-state index in [9.17, 15) is 19.1 Å². The van der Waals surface area contributed by atoms with Gasteiger partial charge in [-0.25, -0.2) is 4.79 Å². The Morgan fingerprint density at radius 2 is 1.77 bits per heavy atom. The first kappa shape index (κ1) is 12.6. The van der Waals surface area contributed by atoms with E-state index >= 15 is 0 Å². The lowest BCUT2D eigenvalue weighted by Gasteiger charge is -2.08. The summed E-state index contributed by atoms with van der Waals surface area (Å²) in [5.41, 5.74) is -0.420. The largest absolute Gasteiger partial charge is 0.504 e. The van der Waals surface area contributed by atoms with Crippen LogP contribution in [-0.2, 0) is 0 Å². The molecule has 1 aromatic carbocycles. The Bertz CT molecular complexity index is 1140. The highest BCUT2D eigenvalue weighted by molar-refractivity contribution is 5.97. The Labute approximate surface area is 121 Å². The molecular weight excluding hydrogens is 291 g/mol. The van der Waals surface area contributed by atoms with Gasteiger partial charge in [0.15, 0.2) is 11.2 Å². The Morgan fingerprint density at radius 3 is 2.59 bits per heavy atom. The molecule has 0 unspecified atom stereocenters. The molecule has 22 heavy (non-hydrogen) atoms. The van der Waals surface area contributed by atoms with Gasteiger partial charge in [-0.1, -0.05) is 0 Å². The first-order valence-electron chi connectivity index (χ1n) is 6.36. The number of hydrogen-bond donors (Lipinski definition) is 1. The number of benzene rings is 2. The van der Waals surface area contributed by atoms with Gasteiger partial charge in [0.05, 0.1) is 5.39 Å². The lowest BCUT2D eigenvalue weighted by molar-refractivity contribution is 0.405. The van der Waals surface area contributed by atoms with Gasteiger partial charge in [-0.2, -0.15) is 4.39 Å². The van der Waals surface area contributed by atoms with E-state index in [1.54, 1.807) is 12.1 Å². The van der Waals surface area contributed by atoms with Crippen molar-refractivity contribution in [1.29, 1.82) is 0 Å². The van der Waals surface area contributed by atoms with Crippen molar-refractivity contribution in [3.8, 4) is 17.1 Å². The average molecular weight is 298 g/mol. The molecule has 1 aliphatic heterocycles. The van der Waals surface area contributed by atoms with Gasteiger partial charge in [-0.05, 0) is 24.3 Å². The molecule has 1 aromatic heterocycles. The van der Waals surface area contributed by atoms with Gasteiger partial charge in [0.2, 0.25) is 0 Å². The first-order valence-corrected chi connectivity index (χ1v) is 6.36. The van der Waals surface area contributed by atoms with Gasteiger partial charge >= 0.3 is 5.63 Å². The van der Waals surface area contributed by atoms with E-state index in [1.807, 2.05) is 0 Å². The van der Waals surface area contributed by atoms with E-state index in [0.29, 0.717) is 22.3 Å². The van der Waals surface area contributed by atoms with Crippen LogP contribution in [0.1, 0.15) is 0 Å². The third kappa shape index (κ3) is 1.70. The van der Waals surface area contributed by atoms with Crippen molar-refractivity contribution in [3.63, 3.8) is 0 Å². The van der Waals surface area contributed by atoms with Gasteiger partial charge in [0.25, 0.3) is 5.82 Å². The fourth-order valence-electron chi connectivity index (χ4n) is 2.42. The summed E-state index contributed by atoms with van der Waals surface area (Å²) in [6, 6.07) is 8.92. The summed E-state index contributed by atoms with van der Waals surface area (Å²) in [5.74, 6) is -1.71. The Morgan fingerprint density at radius 1 is 0.955 bits per heavy atom. The van der Waals surface area contributed by atoms with Gasteiger partial charge in [0.1, 0.15) is 16.9 Å². The summed E-state index contributed by atoms with van der Waals surface area (Å²) in [6.07, 6.45) is 0. The molecule has 0 amide bonds. The molecule has 6 heteroatoms. The minimum absolute atomic E-state index is 0.00206. The molecule has 0 bridgehead atoms. The van der Waals surface area contributed by atoms with Gasteiger partial charge in [0, 0.05) is 23.1 Å². The summed E-state index contributed by atoms with van der Waals surface area (Å²) in [7, 11) is 0. The van der Waals surface area contributed by atoms with Crippen LogP contribution in [0.25, 0.3) is 33.3 Å². The molecule has 0 radical (unpaired) electrons. The summed E-state index contributed by atoms with van der Waals surface area (Å²) in [5, 5.41) is 10.4. The SMILES string of the molecule is O=c1ccc2cc3cc4c(O)c(F)c(=O)oc4cc3oc-2c1. The molecule has 2 aromatic rings. The molecular formula is C16H7FO5. The van der Waals surface area contributed by atoms with Crippen LogP contribution in [0.2, 0.25) is 0 Å². The molecule has 0 spiro atoms. The highest BCUT2D eigenvalue weighted by Gasteiger charge is 2.16. The van der Waals surface area contributed by atoms with Crippen molar-refractivity contribution in [3.05, 3.63) is 62.9 Å². The van der Waals surface area contributed by atoms with E-state index in [4.69, 9.17) is 8.83 Å². The maximum atomic E-state index is 13.4. The van der Waals surface area contributed by atoms with E-state index in [2.05, 4.69) is 0 Å². The van der Waals surface area contributed by atoms with Crippen LogP contribution in [-0.4, -0.2) is 5.11 Å². The van der Waals surface area contributed by atoms with E-state index in [0.717, 1.165) is 0 Å². The van der Waals surface area contributed by atoms with E-state index < -0.39 is 17.2 Å². The zero-order valence-electron chi connectivity index (χ0n) is 10.9. The minimum Gasteiger partial charge on any atom is -0.504 e. The smallest absolute Gasteiger partial charge is 0.376 e. The van der Waals surface area contributed by atoms with Crippen LogP contribution < -0.4 is 11.1 Å². The predicted octanol–water partition coefficient (Wildman–Crippen LogP) is 2.85. The molecule has 2 aliphatic rings. The fourth-order valence-corrected chi connectivity index (χ4v) is 2.42. The van der Waals surface area contributed by atoms with Crippen molar-refractivity contribution in [1.82, 2.24) is 0 Å². The monoisotopic (exact) mass is 298 g/mol. The van der Waals surface area contributed by atoms with Crippen LogP contribution in [0.4, 0.5) is 4.39 Å². The summed E-state index contributed by atoms with van der Waals surface area (Å²) >= 11 is 0. The standard InChI is InChI=1S/C16H7FO5/c17-14-15(19)10-4-8-3-7-1-2-9(18)5-11(7)21-12(8)6-13(10)22-16(14)20/h1-6,19H. The third-order valence-corrected chi connectivity index (χ3v) is 3.47. The van der Waals surface area contributed by atoms with Gasteiger partial charge < -0.3 is 13.9 Å². The van der Waals surface area contributed by atoms with Crippen LogP contribution in [0.5, 0.6) is 5.75 Å². The number of fused-ring (bicyclic) bond motifs is 3. The van der Waals surface area contributed by atoms with Crippen molar-refractivity contribution in [2.24, 2.45) is 0 Å². The molecule has 5 nitrogen and oxygen atoms in total. The molecule has 0 atom stereocenters. The highest BCUT2D eigenvalue weighted by Crippen LogP contribution is 2.33. The number of halogens is 1. The maximum absolute atomic E-state index is 13.4. The van der Waals surface area contributed by atoms with Crippen LogP contribution in [0.15, 0.2) is 54.8 Å². The van der Waals surface area contributed by atoms with Crippen molar-refractivity contribution < 1.29 is 18.3 Å². The third-order valence-electron chi connectivity index (χ3n) is 3.47. The second-order valence-corrected chi connectivity index (χ2v) is 4.88. The van der Waals surface area contributed by atoms with Crippen molar-refractivity contribution in [2.45, 2.75) is 0 Å². The number of hydrogen-bond acceptors (Lipinski definition) is 5. The molecule has 0 saturated heterocycles. The minimum atomic E-state index is -1.33. The van der Waals surface area contributed by atoms with Crippen molar-refractivity contribution in [2.75, 3.05) is 0 Å². The van der Waals surface area contributed by atoms with Crippen LogP contribution in [0.3, 0.4) is 0 Å². The van der Waals surface area contributed by atoms with E-state index in [1.165, 1.54) is 24.3 Å². The zero-order chi connectivity index (χ0) is 15.4. The Kier molecular flexibility index (Phi) is 2.39. The molecule has 2 heterocycles. The predicted molar refractivity (Wildman–Crippen MR) is 76.8 cm³/mol. The maximum Gasteiger partial charge on any atom is 0.376 e.